The zero-order valence-electron chi connectivity index (χ0n) is 20.4. The van der Waals surface area contributed by atoms with Gasteiger partial charge in [0.1, 0.15) is 7.11 Å². The molecule has 5 rings (SSSR count). The number of nitrogens with zero attached hydrogens (tertiary/aromatic N) is 5. The average Bonchev–Trinajstić information content (AvgIpc) is 3.44. The van der Waals surface area contributed by atoms with Crippen LogP contribution in [0, 0.1) is 18.8 Å². The van der Waals surface area contributed by atoms with Gasteiger partial charge < -0.3 is 10.2 Å². The van der Waals surface area contributed by atoms with Gasteiger partial charge in [-0.1, -0.05) is 28.5 Å². The summed E-state index contributed by atoms with van der Waals surface area (Å²) in [6.07, 6.45) is 5.06. The SMILES string of the molecule is CC#Cc1cc(/C=N/OC)ccc1-n1nc(-c2ccc(C)nc2)c2c1-c1sc(NC(C)=O)nc1CC2. The number of aryl methyl sites for hydroxylation is 2. The molecule has 0 bridgehead atoms. The van der Waals surface area contributed by atoms with Crippen molar-refractivity contribution in [3.63, 3.8) is 0 Å². The fourth-order valence-corrected chi connectivity index (χ4v) is 5.37. The number of pyridine rings is 1. The number of hydrogen-bond donors (Lipinski definition) is 1. The number of nitrogens with one attached hydrogen (secondary N) is 1. The summed E-state index contributed by atoms with van der Waals surface area (Å²) in [4.78, 5) is 26.7. The summed E-state index contributed by atoms with van der Waals surface area (Å²) in [6, 6.07) is 9.96. The third-order valence-electron chi connectivity index (χ3n) is 5.79. The zero-order chi connectivity index (χ0) is 25.2. The third-order valence-corrected chi connectivity index (χ3v) is 6.81. The Morgan fingerprint density at radius 2 is 2.14 bits per heavy atom. The molecule has 180 valence electrons. The predicted molar refractivity (Wildman–Crippen MR) is 142 cm³/mol. The number of aromatic nitrogens is 4. The molecule has 8 nitrogen and oxygen atoms in total. The van der Waals surface area contributed by atoms with Crippen LogP contribution < -0.4 is 5.32 Å². The van der Waals surface area contributed by atoms with E-state index in [9.17, 15) is 4.79 Å². The Morgan fingerprint density at radius 3 is 2.86 bits per heavy atom. The van der Waals surface area contributed by atoms with Crippen molar-refractivity contribution in [3.05, 3.63) is 64.6 Å². The second-order valence-corrected chi connectivity index (χ2v) is 9.32. The van der Waals surface area contributed by atoms with Crippen LogP contribution in [0.3, 0.4) is 0 Å². The van der Waals surface area contributed by atoms with E-state index in [1.165, 1.54) is 25.4 Å². The predicted octanol–water partition coefficient (Wildman–Crippen LogP) is 4.77. The number of rotatable bonds is 5. The highest BCUT2D eigenvalue weighted by molar-refractivity contribution is 7.19. The number of benzene rings is 1. The van der Waals surface area contributed by atoms with Gasteiger partial charge in [0.15, 0.2) is 5.13 Å². The van der Waals surface area contributed by atoms with Crippen LogP contribution in [-0.2, 0) is 22.5 Å². The molecule has 4 aromatic rings. The van der Waals surface area contributed by atoms with Crippen LogP contribution in [0.5, 0.6) is 0 Å². The van der Waals surface area contributed by atoms with Gasteiger partial charge in [-0.3, -0.25) is 9.78 Å². The molecule has 1 aliphatic carbocycles. The van der Waals surface area contributed by atoms with Crippen molar-refractivity contribution in [1.82, 2.24) is 19.7 Å². The molecule has 0 saturated carbocycles. The molecule has 0 saturated heterocycles. The Balaban J connectivity index is 1.75. The van der Waals surface area contributed by atoms with E-state index in [-0.39, 0.29) is 5.91 Å². The van der Waals surface area contributed by atoms with Gasteiger partial charge in [-0.05, 0) is 56.5 Å². The van der Waals surface area contributed by atoms with E-state index >= 15 is 0 Å². The number of carbonyl (C=O) groups is 1. The lowest BCUT2D eigenvalue weighted by molar-refractivity contribution is -0.114. The van der Waals surface area contributed by atoms with E-state index in [1.807, 2.05) is 49.0 Å². The summed E-state index contributed by atoms with van der Waals surface area (Å²) in [5.41, 5.74) is 8.39. The lowest BCUT2D eigenvalue weighted by Gasteiger charge is -2.15. The molecule has 1 aliphatic rings. The summed E-state index contributed by atoms with van der Waals surface area (Å²) < 4.78 is 1.95. The second-order valence-electron chi connectivity index (χ2n) is 8.32. The van der Waals surface area contributed by atoms with Gasteiger partial charge in [-0.15, -0.1) is 5.92 Å². The fraction of sp³-hybridized carbons (Fsp3) is 0.222. The van der Waals surface area contributed by atoms with Crippen molar-refractivity contribution in [1.29, 1.82) is 0 Å². The Morgan fingerprint density at radius 1 is 1.28 bits per heavy atom. The molecule has 1 N–H and O–H groups in total. The molecular weight excluding hydrogens is 472 g/mol. The van der Waals surface area contributed by atoms with Gasteiger partial charge in [0, 0.05) is 29.9 Å². The smallest absolute Gasteiger partial charge is 0.223 e. The van der Waals surface area contributed by atoms with Crippen molar-refractivity contribution in [2.45, 2.75) is 33.6 Å². The maximum Gasteiger partial charge on any atom is 0.223 e. The maximum atomic E-state index is 11.7. The van der Waals surface area contributed by atoms with E-state index in [0.29, 0.717) is 5.13 Å². The quantitative estimate of drug-likeness (QED) is 0.244. The number of hydrogen-bond acceptors (Lipinski definition) is 7. The fourth-order valence-electron chi connectivity index (χ4n) is 4.26. The van der Waals surface area contributed by atoms with Crippen LogP contribution in [-0.4, -0.2) is 39.0 Å². The standard InChI is InChI=1S/C27H24N6O2S/c1-5-6-19-13-18(14-29-35-4)8-12-23(19)33-25-21(24(32-33)20-9-7-16(2)28-15-20)10-11-22-26(25)36-27(31-22)30-17(3)34/h7-9,12-15H,10-11H2,1-4H3,(H,30,31,34)/b29-14+. The largest absolute Gasteiger partial charge is 0.399 e. The number of oxime groups is 1. The first-order valence-electron chi connectivity index (χ1n) is 11.4. The van der Waals surface area contributed by atoms with Crippen molar-refractivity contribution in [2.75, 3.05) is 12.4 Å². The zero-order valence-corrected chi connectivity index (χ0v) is 21.2. The van der Waals surface area contributed by atoms with Gasteiger partial charge >= 0.3 is 0 Å². The summed E-state index contributed by atoms with van der Waals surface area (Å²) in [6.45, 7) is 5.26. The van der Waals surface area contributed by atoms with Gasteiger partial charge in [0.05, 0.1) is 39.4 Å². The van der Waals surface area contributed by atoms with Crippen LogP contribution in [0.4, 0.5) is 5.13 Å². The lowest BCUT2D eigenvalue weighted by atomic mass is 9.95. The average molecular weight is 497 g/mol. The summed E-state index contributed by atoms with van der Waals surface area (Å²) in [5.74, 6) is 6.08. The Kier molecular flexibility index (Phi) is 6.36. The van der Waals surface area contributed by atoms with Gasteiger partial charge in [-0.2, -0.15) is 5.10 Å². The minimum absolute atomic E-state index is 0.143. The van der Waals surface area contributed by atoms with Crippen molar-refractivity contribution < 1.29 is 9.63 Å². The van der Waals surface area contributed by atoms with E-state index in [0.717, 1.165) is 68.4 Å². The lowest BCUT2D eigenvalue weighted by Crippen LogP contribution is -2.08. The Labute approximate surface area is 213 Å². The highest BCUT2D eigenvalue weighted by Crippen LogP contribution is 2.44. The van der Waals surface area contributed by atoms with Crippen LogP contribution in [0.25, 0.3) is 27.5 Å². The monoisotopic (exact) mass is 496 g/mol. The molecule has 0 fully saturated rings. The number of fused-ring (bicyclic) bond motifs is 3. The molecule has 1 amide bonds. The van der Waals surface area contributed by atoms with E-state index in [1.54, 1.807) is 6.21 Å². The molecular formula is C27H24N6O2S. The van der Waals surface area contributed by atoms with Crippen LogP contribution in [0.15, 0.2) is 41.7 Å². The molecule has 3 heterocycles. The number of carbonyl (C=O) groups excluding carboxylic acids is 1. The molecule has 0 aliphatic heterocycles. The molecule has 9 heteroatoms. The third kappa shape index (κ3) is 4.39. The van der Waals surface area contributed by atoms with Crippen LogP contribution in [0.2, 0.25) is 0 Å². The second kappa shape index (κ2) is 9.76. The van der Waals surface area contributed by atoms with Crippen molar-refractivity contribution >= 4 is 28.6 Å². The highest BCUT2D eigenvalue weighted by Gasteiger charge is 2.30. The molecule has 3 aromatic heterocycles. The maximum absolute atomic E-state index is 11.7. The molecule has 1 aromatic carbocycles. The Hall–Kier alpha value is -4.29. The summed E-state index contributed by atoms with van der Waals surface area (Å²) in [7, 11) is 1.51. The number of anilines is 1. The number of amides is 1. The molecule has 0 spiro atoms. The minimum Gasteiger partial charge on any atom is -0.399 e. The van der Waals surface area contributed by atoms with E-state index in [2.05, 4.69) is 33.4 Å². The summed E-state index contributed by atoms with van der Waals surface area (Å²) in [5, 5.41) is 12.4. The first-order chi connectivity index (χ1) is 17.5. The van der Waals surface area contributed by atoms with Crippen LogP contribution in [0.1, 0.15) is 41.9 Å². The molecule has 0 unspecified atom stereocenters. The number of thiazole rings is 1. The van der Waals surface area contributed by atoms with Gasteiger partial charge in [0.25, 0.3) is 0 Å². The molecule has 36 heavy (non-hydrogen) atoms. The van der Waals surface area contributed by atoms with E-state index < -0.39 is 0 Å². The first kappa shape index (κ1) is 23.5. The normalized spacial score (nSPS) is 12.0. The minimum atomic E-state index is -0.143. The molecule has 0 radical (unpaired) electrons. The summed E-state index contributed by atoms with van der Waals surface area (Å²) >= 11 is 1.47. The van der Waals surface area contributed by atoms with E-state index in [4.69, 9.17) is 14.9 Å². The molecule has 0 atom stereocenters. The topological polar surface area (TPSA) is 94.3 Å². The highest BCUT2D eigenvalue weighted by atomic mass is 32.1. The van der Waals surface area contributed by atoms with Gasteiger partial charge in [0.2, 0.25) is 5.91 Å². The van der Waals surface area contributed by atoms with Gasteiger partial charge in [-0.25, -0.2) is 9.67 Å². The Bertz CT molecular complexity index is 1550. The van der Waals surface area contributed by atoms with Crippen LogP contribution >= 0.6 is 11.3 Å². The first-order valence-corrected chi connectivity index (χ1v) is 12.3. The van der Waals surface area contributed by atoms with Crippen molar-refractivity contribution in [2.24, 2.45) is 5.16 Å². The van der Waals surface area contributed by atoms with Crippen molar-refractivity contribution in [3.8, 4) is 39.4 Å².